The van der Waals surface area contributed by atoms with Crippen molar-refractivity contribution >= 4 is 11.3 Å². The first-order chi connectivity index (χ1) is 8.03. The summed E-state index contributed by atoms with van der Waals surface area (Å²) in [6, 6.07) is 0. The Bertz CT molecular complexity index is 329. The van der Waals surface area contributed by atoms with Crippen LogP contribution in [0.25, 0.3) is 0 Å². The van der Waals surface area contributed by atoms with Crippen LogP contribution in [0.3, 0.4) is 0 Å². The number of rotatable bonds is 4. The van der Waals surface area contributed by atoms with E-state index < -0.39 is 0 Å². The second-order valence-corrected chi connectivity index (χ2v) is 6.72. The van der Waals surface area contributed by atoms with E-state index in [1.165, 1.54) is 25.2 Å². The fraction of sp³-hybridized carbons (Fsp3) is 0.769. The van der Waals surface area contributed by atoms with Crippen molar-refractivity contribution in [3.8, 4) is 0 Å². The molecule has 1 aliphatic heterocycles. The van der Waals surface area contributed by atoms with Crippen molar-refractivity contribution in [1.29, 1.82) is 0 Å². The van der Waals surface area contributed by atoms with Gasteiger partial charge >= 0.3 is 0 Å². The van der Waals surface area contributed by atoms with Gasteiger partial charge in [-0.05, 0) is 46.2 Å². The number of thiazole rings is 1. The van der Waals surface area contributed by atoms with Crippen molar-refractivity contribution in [2.45, 2.75) is 39.3 Å². The minimum atomic E-state index is 0.238. The van der Waals surface area contributed by atoms with Crippen LogP contribution in [-0.4, -0.2) is 35.1 Å². The van der Waals surface area contributed by atoms with Gasteiger partial charge in [0.15, 0.2) is 0 Å². The van der Waals surface area contributed by atoms with Crippen LogP contribution in [0.4, 0.5) is 0 Å². The number of nitrogens with one attached hydrogen (secondary N) is 1. The molecule has 96 valence electrons. The molecule has 0 aliphatic carbocycles. The summed E-state index contributed by atoms with van der Waals surface area (Å²) in [6.45, 7) is 11.3. The molecule has 0 spiro atoms. The largest absolute Gasteiger partial charge is 0.312 e. The topological polar surface area (TPSA) is 28.2 Å². The summed E-state index contributed by atoms with van der Waals surface area (Å²) in [5.41, 5.74) is 3.38. The van der Waals surface area contributed by atoms with Crippen molar-refractivity contribution in [3.63, 3.8) is 0 Å². The number of aromatic nitrogens is 1. The Hall–Kier alpha value is -0.450. The molecular weight excluding hydrogens is 230 g/mol. The fourth-order valence-corrected chi connectivity index (χ4v) is 2.77. The van der Waals surface area contributed by atoms with Crippen molar-refractivity contribution in [1.82, 2.24) is 15.2 Å². The first-order valence-electron chi connectivity index (χ1n) is 6.37. The maximum Gasteiger partial charge on any atom is 0.0795 e. The first-order valence-corrected chi connectivity index (χ1v) is 7.32. The molecule has 1 aliphatic rings. The first kappa shape index (κ1) is 13.0. The van der Waals surface area contributed by atoms with E-state index in [1.54, 1.807) is 11.3 Å². The molecule has 3 nitrogen and oxygen atoms in total. The lowest BCUT2D eigenvalue weighted by Gasteiger charge is -2.23. The summed E-state index contributed by atoms with van der Waals surface area (Å²) < 4.78 is 0. The molecule has 1 aromatic rings. The van der Waals surface area contributed by atoms with Gasteiger partial charge in [-0.25, -0.2) is 4.98 Å². The lowest BCUT2D eigenvalue weighted by molar-refractivity contribution is 0.302. The average molecular weight is 253 g/mol. The van der Waals surface area contributed by atoms with E-state index in [9.17, 15) is 0 Å². The van der Waals surface area contributed by atoms with Gasteiger partial charge in [0.2, 0.25) is 0 Å². The van der Waals surface area contributed by atoms with Crippen molar-refractivity contribution in [3.05, 3.63) is 16.6 Å². The molecule has 1 N–H and O–H groups in total. The second kappa shape index (κ2) is 5.46. The normalized spacial score (nSPS) is 22.2. The van der Waals surface area contributed by atoms with Gasteiger partial charge in [0.25, 0.3) is 0 Å². The zero-order valence-corrected chi connectivity index (χ0v) is 11.9. The molecule has 1 fully saturated rings. The lowest BCUT2D eigenvalue weighted by Crippen LogP contribution is -2.39. The standard InChI is InChI=1S/C13H23N3S/c1-13(2,3)15-6-11-4-5-16(7-11)8-12-9-17-10-14-12/h9-11,15H,4-8H2,1-3H3. The molecule has 0 radical (unpaired) electrons. The van der Waals surface area contributed by atoms with E-state index in [-0.39, 0.29) is 5.54 Å². The summed E-state index contributed by atoms with van der Waals surface area (Å²) in [5, 5.41) is 5.76. The molecule has 0 saturated carbocycles. The molecule has 0 amide bonds. The van der Waals surface area contributed by atoms with Crippen LogP contribution in [-0.2, 0) is 6.54 Å². The molecule has 0 bridgehead atoms. The van der Waals surface area contributed by atoms with Gasteiger partial charge in [-0.3, -0.25) is 4.90 Å². The van der Waals surface area contributed by atoms with Crippen molar-refractivity contribution in [2.24, 2.45) is 5.92 Å². The highest BCUT2D eigenvalue weighted by Gasteiger charge is 2.23. The molecular formula is C13H23N3S. The Morgan fingerprint density at radius 2 is 2.35 bits per heavy atom. The maximum absolute atomic E-state index is 4.35. The third-order valence-corrected chi connectivity index (χ3v) is 3.80. The summed E-state index contributed by atoms with van der Waals surface area (Å²) in [6.07, 6.45) is 1.31. The zero-order valence-electron chi connectivity index (χ0n) is 11.1. The minimum absolute atomic E-state index is 0.238. The molecule has 0 aromatic carbocycles. The Balaban J connectivity index is 1.72. The van der Waals surface area contributed by atoms with Crippen molar-refractivity contribution < 1.29 is 0 Å². The molecule has 1 aromatic heterocycles. The summed E-state index contributed by atoms with van der Waals surface area (Å²) in [7, 11) is 0. The van der Waals surface area contributed by atoms with Gasteiger partial charge in [0, 0.05) is 24.0 Å². The number of hydrogen-bond acceptors (Lipinski definition) is 4. The second-order valence-electron chi connectivity index (χ2n) is 6.00. The van der Waals surface area contributed by atoms with Gasteiger partial charge < -0.3 is 5.32 Å². The monoisotopic (exact) mass is 253 g/mol. The highest BCUT2D eigenvalue weighted by atomic mass is 32.1. The van der Waals surface area contributed by atoms with Crippen LogP contribution in [0.2, 0.25) is 0 Å². The van der Waals surface area contributed by atoms with E-state index in [4.69, 9.17) is 0 Å². The quantitative estimate of drug-likeness (QED) is 0.893. The van der Waals surface area contributed by atoms with Crippen LogP contribution < -0.4 is 5.32 Å². The molecule has 2 heterocycles. The van der Waals surface area contributed by atoms with Gasteiger partial charge in [0.1, 0.15) is 0 Å². The summed E-state index contributed by atoms with van der Waals surface area (Å²) in [5.74, 6) is 0.799. The average Bonchev–Trinajstić information content (AvgIpc) is 2.86. The van der Waals surface area contributed by atoms with Crippen LogP contribution in [0.15, 0.2) is 10.9 Å². The van der Waals surface area contributed by atoms with E-state index in [1.807, 2.05) is 5.51 Å². The van der Waals surface area contributed by atoms with Gasteiger partial charge in [-0.15, -0.1) is 11.3 Å². The van der Waals surface area contributed by atoms with Crippen molar-refractivity contribution in [2.75, 3.05) is 19.6 Å². The smallest absolute Gasteiger partial charge is 0.0795 e. The number of likely N-dealkylation sites (tertiary alicyclic amines) is 1. The minimum Gasteiger partial charge on any atom is -0.312 e. The van der Waals surface area contributed by atoms with E-state index in [0.717, 1.165) is 19.0 Å². The van der Waals surface area contributed by atoms with Crippen LogP contribution in [0, 0.1) is 5.92 Å². The zero-order chi connectivity index (χ0) is 12.3. The van der Waals surface area contributed by atoms with Crippen LogP contribution in [0.5, 0.6) is 0 Å². The predicted octanol–water partition coefficient (Wildman–Crippen LogP) is 2.35. The Labute approximate surface area is 108 Å². The van der Waals surface area contributed by atoms with Gasteiger partial charge in [0.05, 0.1) is 11.2 Å². The van der Waals surface area contributed by atoms with E-state index >= 15 is 0 Å². The van der Waals surface area contributed by atoms with Crippen LogP contribution in [0.1, 0.15) is 32.9 Å². The number of hydrogen-bond donors (Lipinski definition) is 1. The highest BCUT2D eigenvalue weighted by molar-refractivity contribution is 7.07. The van der Waals surface area contributed by atoms with E-state index in [2.05, 4.69) is 41.4 Å². The lowest BCUT2D eigenvalue weighted by atomic mass is 10.1. The molecule has 1 atom stereocenters. The molecule has 17 heavy (non-hydrogen) atoms. The Kier molecular flexibility index (Phi) is 4.17. The predicted molar refractivity (Wildman–Crippen MR) is 73.3 cm³/mol. The molecule has 4 heteroatoms. The SMILES string of the molecule is CC(C)(C)NCC1CCN(Cc2cscn2)C1. The summed E-state index contributed by atoms with van der Waals surface area (Å²) in [4.78, 5) is 6.87. The Morgan fingerprint density at radius 3 is 3.00 bits per heavy atom. The molecule has 2 rings (SSSR count). The fourth-order valence-electron chi connectivity index (χ4n) is 2.22. The highest BCUT2D eigenvalue weighted by Crippen LogP contribution is 2.18. The third-order valence-electron chi connectivity index (χ3n) is 3.16. The van der Waals surface area contributed by atoms with Crippen LogP contribution >= 0.6 is 11.3 Å². The molecule has 1 unspecified atom stereocenters. The molecule has 1 saturated heterocycles. The number of nitrogens with zero attached hydrogens (tertiary/aromatic N) is 2. The maximum atomic E-state index is 4.35. The van der Waals surface area contributed by atoms with Gasteiger partial charge in [-0.2, -0.15) is 0 Å². The summed E-state index contributed by atoms with van der Waals surface area (Å²) >= 11 is 1.69. The van der Waals surface area contributed by atoms with Gasteiger partial charge in [-0.1, -0.05) is 0 Å². The van der Waals surface area contributed by atoms with E-state index in [0.29, 0.717) is 0 Å². The Morgan fingerprint density at radius 1 is 1.53 bits per heavy atom. The third kappa shape index (κ3) is 4.37.